The molecule has 8 nitrogen and oxygen atoms in total. The lowest BCUT2D eigenvalue weighted by molar-refractivity contribution is 0.0600. The lowest BCUT2D eigenvalue weighted by Crippen LogP contribution is -2.10. The Bertz CT molecular complexity index is 1210. The molecule has 0 amide bonds. The van der Waals surface area contributed by atoms with Gasteiger partial charge in [-0.2, -0.15) is 5.26 Å². The summed E-state index contributed by atoms with van der Waals surface area (Å²) in [4.78, 5) is 24.6. The highest BCUT2D eigenvalue weighted by atomic mass is 16.5. The number of methoxy groups -OCH3 is 1. The summed E-state index contributed by atoms with van der Waals surface area (Å²) in [6.45, 7) is 0.584. The summed E-state index contributed by atoms with van der Waals surface area (Å²) >= 11 is 0. The third-order valence-corrected chi connectivity index (χ3v) is 4.73. The van der Waals surface area contributed by atoms with Gasteiger partial charge in [-0.3, -0.25) is 0 Å². The number of carbonyl (C=O) groups is 1. The Balaban J connectivity index is 1.43. The molecule has 0 saturated heterocycles. The number of para-hydroxylation sites is 2. The molecule has 2 heterocycles. The molecule has 154 valence electrons. The van der Waals surface area contributed by atoms with Crippen molar-refractivity contribution in [1.82, 2.24) is 15.0 Å². The Kier molecular flexibility index (Phi) is 5.85. The molecule has 0 aliphatic heterocycles. The number of esters is 1. The van der Waals surface area contributed by atoms with E-state index in [0.717, 1.165) is 5.56 Å². The molecule has 2 aromatic heterocycles. The Morgan fingerprint density at radius 3 is 2.71 bits per heavy atom. The molecule has 0 radical (unpaired) electrons. The van der Waals surface area contributed by atoms with Crippen LogP contribution in [0.5, 0.6) is 0 Å². The molecule has 1 unspecified atom stereocenters. The van der Waals surface area contributed by atoms with Crippen molar-refractivity contribution in [2.45, 2.75) is 12.3 Å². The topological polar surface area (TPSA) is 114 Å². The Hall–Kier alpha value is -4.25. The van der Waals surface area contributed by atoms with Gasteiger partial charge in [0.1, 0.15) is 5.52 Å². The van der Waals surface area contributed by atoms with E-state index in [4.69, 9.17) is 9.15 Å². The van der Waals surface area contributed by atoms with Crippen molar-refractivity contribution in [3.63, 3.8) is 0 Å². The number of hydrogen-bond acceptors (Lipinski definition) is 8. The SMILES string of the molecule is COC(=O)c1ccc(CCNc2nccc(C(C#N)c3nc4ccccc4o3)n2)cc1. The highest BCUT2D eigenvalue weighted by Gasteiger charge is 2.22. The molecule has 1 N–H and O–H groups in total. The van der Waals surface area contributed by atoms with E-state index in [2.05, 4.69) is 26.3 Å². The largest absolute Gasteiger partial charge is 0.465 e. The number of oxazole rings is 1. The van der Waals surface area contributed by atoms with Crippen molar-refractivity contribution >= 4 is 23.0 Å². The molecule has 0 saturated carbocycles. The lowest BCUT2D eigenvalue weighted by Gasteiger charge is -2.08. The average molecular weight is 413 g/mol. The van der Waals surface area contributed by atoms with Crippen molar-refractivity contribution in [3.05, 3.63) is 83.5 Å². The summed E-state index contributed by atoms with van der Waals surface area (Å²) in [6.07, 6.45) is 2.31. The summed E-state index contributed by atoms with van der Waals surface area (Å²) in [6, 6.07) is 18.5. The van der Waals surface area contributed by atoms with E-state index in [-0.39, 0.29) is 5.97 Å². The van der Waals surface area contributed by atoms with Crippen LogP contribution in [0.1, 0.15) is 33.4 Å². The minimum atomic E-state index is -0.734. The van der Waals surface area contributed by atoms with Gasteiger partial charge in [0, 0.05) is 12.7 Å². The van der Waals surface area contributed by atoms with Crippen molar-refractivity contribution in [2.24, 2.45) is 0 Å². The van der Waals surface area contributed by atoms with E-state index < -0.39 is 5.92 Å². The minimum Gasteiger partial charge on any atom is -0.465 e. The fourth-order valence-corrected chi connectivity index (χ4v) is 3.12. The van der Waals surface area contributed by atoms with E-state index in [1.165, 1.54) is 7.11 Å². The van der Waals surface area contributed by atoms with Gasteiger partial charge in [0.15, 0.2) is 11.5 Å². The molecular formula is C23H19N5O3. The van der Waals surface area contributed by atoms with Crippen molar-refractivity contribution in [3.8, 4) is 6.07 Å². The number of rotatable bonds is 7. The Morgan fingerprint density at radius 2 is 1.97 bits per heavy atom. The highest BCUT2D eigenvalue weighted by Crippen LogP contribution is 2.26. The van der Waals surface area contributed by atoms with Gasteiger partial charge < -0.3 is 14.5 Å². The number of fused-ring (bicyclic) bond motifs is 1. The Morgan fingerprint density at radius 1 is 1.16 bits per heavy atom. The van der Waals surface area contributed by atoms with Gasteiger partial charge in [-0.25, -0.2) is 19.7 Å². The number of nitriles is 1. The third kappa shape index (κ3) is 4.51. The van der Waals surface area contributed by atoms with Crippen LogP contribution in [0, 0.1) is 11.3 Å². The van der Waals surface area contributed by atoms with E-state index in [9.17, 15) is 10.1 Å². The van der Waals surface area contributed by atoms with Gasteiger partial charge in [-0.05, 0) is 42.3 Å². The zero-order valence-electron chi connectivity index (χ0n) is 16.8. The van der Waals surface area contributed by atoms with Crippen LogP contribution < -0.4 is 5.32 Å². The second-order valence-corrected chi connectivity index (χ2v) is 6.75. The first-order valence-corrected chi connectivity index (χ1v) is 9.67. The summed E-state index contributed by atoms with van der Waals surface area (Å²) in [5.74, 6) is -0.373. The average Bonchev–Trinajstić information content (AvgIpc) is 3.23. The molecule has 4 rings (SSSR count). The van der Waals surface area contributed by atoms with Crippen LogP contribution in [-0.2, 0) is 11.2 Å². The van der Waals surface area contributed by atoms with Crippen LogP contribution in [0.2, 0.25) is 0 Å². The molecule has 31 heavy (non-hydrogen) atoms. The molecule has 0 aliphatic carbocycles. The van der Waals surface area contributed by atoms with Crippen LogP contribution in [0.15, 0.2) is 65.2 Å². The molecule has 4 aromatic rings. The van der Waals surface area contributed by atoms with Crippen molar-refractivity contribution in [2.75, 3.05) is 19.0 Å². The number of anilines is 1. The molecule has 0 aliphatic rings. The van der Waals surface area contributed by atoms with Crippen LogP contribution in [0.3, 0.4) is 0 Å². The maximum Gasteiger partial charge on any atom is 0.337 e. The smallest absolute Gasteiger partial charge is 0.337 e. The first-order valence-electron chi connectivity index (χ1n) is 9.67. The van der Waals surface area contributed by atoms with Gasteiger partial charge in [0.05, 0.1) is 24.4 Å². The van der Waals surface area contributed by atoms with Crippen LogP contribution in [0.25, 0.3) is 11.1 Å². The first-order chi connectivity index (χ1) is 15.2. The maximum absolute atomic E-state index is 11.5. The van der Waals surface area contributed by atoms with Gasteiger partial charge in [0.25, 0.3) is 0 Å². The number of hydrogen-bond donors (Lipinski definition) is 1. The van der Waals surface area contributed by atoms with Gasteiger partial charge >= 0.3 is 5.97 Å². The van der Waals surface area contributed by atoms with Crippen LogP contribution >= 0.6 is 0 Å². The molecule has 0 fully saturated rings. The van der Waals surface area contributed by atoms with E-state index >= 15 is 0 Å². The van der Waals surface area contributed by atoms with Crippen molar-refractivity contribution in [1.29, 1.82) is 5.26 Å². The summed E-state index contributed by atoms with van der Waals surface area (Å²) in [5.41, 5.74) is 3.40. The van der Waals surface area contributed by atoms with E-state index in [1.807, 2.05) is 36.4 Å². The molecular weight excluding hydrogens is 394 g/mol. The molecule has 0 spiro atoms. The Labute approximate surface area is 178 Å². The number of aromatic nitrogens is 3. The predicted molar refractivity (Wildman–Crippen MR) is 113 cm³/mol. The van der Waals surface area contributed by atoms with Gasteiger partial charge in [0.2, 0.25) is 11.8 Å². The second kappa shape index (κ2) is 9.05. The maximum atomic E-state index is 11.5. The van der Waals surface area contributed by atoms with Gasteiger partial charge in [-0.15, -0.1) is 0 Å². The normalized spacial score (nSPS) is 11.6. The number of benzene rings is 2. The second-order valence-electron chi connectivity index (χ2n) is 6.75. The quantitative estimate of drug-likeness (QED) is 0.456. The van der Waals surface area contributed by atoms with Crippen LogP contribution in [-0.4, -0.2) is 34.6 Å². The zero-order chi connectivity index (χ0) is 21.6. The number of nitrogens with one attached hydrogen (secondary N) is 1. The van der Waals surface area contributed by atoms with E-state index in [0.29, 0.717) is 47.2 Å². The molecule has 0 bridgehead atoms. The molecule has 1 atom stereocenters. The standard InChI is InChI=1S/C23H19N5O3/c1-30-22(29)16-8-6-15(7-9-16)10-12-25-23-26-13-11-18(28-23)17(14-24)21-27-19-4-2-3-5-20(19)31-21/h2-9,11,13,17H,10,12H2,1H3,(H,25,26,28). The highest BCUT2D eigenvalue weighted by molar-refractivity contribution is 5.89. The summed E-state index contributed by atoms with van der Waals surface area (Å²) < 4.78 is 10.4. The zero-order valence-corrected chi connectivity index (χ0v) is 16.8. The summed E-state index contributed by atoms with van der Waals surface area (Å²) in [5, 5.41) is 12.9. The number of carbonyl (C=O) groups excluding carboxylic acids is 1. The number of ether oxygens (including phenoxy) is 1. The monoisotopic (exact) mass is 413 g/mol. The van der Waals surface area contributed by atoms with E-state index in [1.54, 1.807) is 24.4 Å². The summed E-state index contributed by atoms with van der Waals surface area (Å²) in [7, 11) is 1.36. The fourth-order valence-electron chi connectivity index (χ4n) is 3.12. The first kappa shape index (κ1) is 20.0. The van der Waals surface area contributed by atoms with Crippen LogP contribution in [0.4, 0.5) is 5.95 Å². The molecule has 8 heteroatoms. The lowest BCUT2D eigenvalue weighted by atomic mass is 10.1. The third-order valence-electron chi connectivity index (χ3n) is 4.73. The fraction of sp³-hybridized carbons (Fsp3) is 0.174. The number of nitrogens with zero attached hydrogens (tertiary/aromatic N) is 4. The van der Waals surface area contributed by atoms with Gasteiger partial charge in [-0.1, -0.05) is 24.3 Å². The minimum absolute atomic E-state index is 0.305. The predicted octanol–water partition coefficient (Wildman–Crippen LogP) is 3.71. The molecule has 2 aromatic carbocycles. The van der Waals surface area contributed by atoms with Crippen molar-refractivity contribution < 1.29 is 13.9 Å².